The molecule has 0 N–H and O–H groups in total. The molecule has 1 aromatic carbocycles. The minimum atomic E-state index is 0.0561. The van der Waals surface area contributed by atoms with Crippen LogP contribution in [0.4, 0.5) is 0 Å². The second kappa shape index (κ2) is 5.23. The molecule has 2 nitrogen and oxygen atoms in total. The standard InChI is InChI=1S/C15H21NO/c1-6-11(2)17-14-8-7-13(15(3,4)5)9-12(14)10-16/h7-9,11H,6H2,1-5H3. The van der Waals surface area contributed by atoms with Crippen molar-refractivity contribution < 1.29 is 4.74 Å². The van der Waals surface area contributed by atoms with E-state index >= 15 is 0 Å². The van der Waals surface area contributed by atoms with Crippen LogP contribution in [-0.2, 0) is 5.41 Å². The highest BCUT2D eigenvalue weighted by Crippen LogP contribution is 2.28. The number of hydrogen-bond donors (Lipinski definition) is 0. The van der Waals surface area contributed by atoms with Crippen LogP contribution >= 0.6 is 0 Å². The van der Waals surface area contributed by atoms with Gasteiger partial charge in [-0.05, 0) is 36.5 Å². The molecule has 0 fully saturated rings. The summed E-state index contributed by atoms with van der Waals surface area (Å²) in [5.74, 6) is 0.690. The molecule has 0 saturated heterocycles. The molecule has 0 radical (unpaired) electrons. The van der Waals surface area contributed by atoms with Crippen molar-refractivity contribution in [1.29, 1.82) is 5.26 Å². The van der Waals surface area contributed by atoms with E-state index < -0.39 is 0 Å². The minimum absolute atomic E-state index is 0.0561. The molecule has 0 heterocycles. The number of benzene rings is 1. The van der Waals surface area contributed by atoms with Gasteiger partial charge < -0.3 is 4.74 Å². The van der Waals surface area contributed by atoms with Crippen LogP contribution in [0, 0.1) is 11.3 Å². The minimum Gasteiger partial charge on any atom is -0.489 e. The van der Waals surface area contributed by atoms with Crippen LogP contribution in [0.25, 0.3) is 0 Å². The summed E-state index contributed by atoms with van der Waals surface area (Å²) in [6.07, 6.45) is 1.08. The van der Waals surface area contributed by atoms with Crippen molar-refractivity contribution >= 4 is 0 Å². The van der Waals surface area contributed by atoms with E-state index in [1.54, 1.807) is 0 Å². The number of hydrogen-bond acceptors (Lipinski definition) is 2. The molecule has 2 heteroatoms. The maximum absolute atomic E-state index is 9.16. The largest absolute Gasteiger partial charge is 0.489 e. The van der Waals surface area contributed by atoms with Crippen molar-refractivity contribution in [3.8, 4) is 11.8 Å². The van der Waals surface area contributed by atoms with E-state index in [0.29, 0.717) is 11.3 Å². The molecule has 1 atom stereocenters. The third-order valence-corrected chi connectivity index (χ3v) is 2.87. The summed E-state index contributed by atoms with van der Waals surface area (Å²) >= 11 is 0. The zero-order valence-electron chi connectivity index (χ0n) is 11.4. The lowest BCUT2D eigenvalue weighted by Crippen LogP contribution is -2.13. The molecule has 1 rings (SSSR count). The van der Waals surface area contributed by atoms with E-state index in [-0.39, 0.29) is 11.5 Å². The van der Waals surface area contributed by atoms with Crippen molar-refractivity contribution in [2.45, 2.75) is 52.6 Å². The van der Waals surface area contributed by atoms with E-state index in [0.717, 1.165) is 12.0 Å². The Hall–Kier alpha value is -1.49. The van der Waals surface area contributed by atoms with E-state index in [1.807, 2.05) is 25.1 Å². The van der Waals surface area contributed by atoms with Gasteiger partial charge in [-0.3, -0.25) is 0 Å². The Bertz CT molecular complexity index is 424. The molecule has 1 unspecified atom stereocenters. The first-order valence-electron chi connectivity index (χ1n) is 6.09. The van der Waals surface area contributed by atoms with Gasteiger partial charge >= 0.3 is 0 Å². The van der Waals surface area contributed by atoms with Crippen molar-refractivity contribution in [3.05, 3.63) is 29.3 Å². The lowest BCUT2D eigenvalue weighted by Gasteiger charge is -2.21. The Kier molecular flexibility index (Phi) is 4.17. The molecule has 0 amide bonds. The average Bonchev–Trinajstić information content (AvgIpc) is 2.27. The summed E-state index contributed by atoms with van der Waals surface area (Å²) in [5.41, 5.74) is 1.84. The molecular formula is C15H21NO. The number of ether oxygens (including phenoxy) is 1. The SMILES string of the molecule is CCC(C)Oc1ccc(C(C)(C)C)cc1C#N. The molecule has 17 heavy (non-hydrogen) atoms. The van der Waals surface area contributed by atoms with Crippen molar-refractivity contribution in [2.24, 2.45) is 0 Å². The number of nitriles is 1. The van der Waals surface area contributed by atoms with Crippen molar-refractivity contribution in [2.75, 3.05) is 0 Å². The molecule has 0 aliphatic heterocycles. The molecule has 0 aliphatic rings. The number of nitrogens with zero attached hydrogens (tertiary/aromatic N) is 1. The van der Waals surface area contributed by atoms with Gasteiger partial charge in [0.1, 0.15) is 11.8 Å². The van der Waals surface area contributed by atoms with Gasteiger partial charge in [-0.2, -0.15) is 5.26 Å². The summed E-state index contributed by atoms with van der Waals surface area (Å²) in [7, 11) is 0. The van der Waals surface area contributed by atoms with E-state index in [4.69, 9.17) is 10.00 Å². The lowest BCUT2D eigenvalue weighted by atomic mass is 9.86. The van der Waals surface area contributed by atoms with E-state index in [2.05, 4.69) is 33.8 Å². The van der Waals surface area contributed by atoms with Gasteiger partial charge in [0.15, 0.2) is 0 Å². The predicted octanol–water partition coefficient (Wildman–Crippen LogP) is 4.03. The summed E-state index contributed by atoms with van der Waals surface area (Å²) in [5, 5.41) is 9.16. The highest BCUT2D eigenvalue weighted by Gasteiger charge is 2.16. The van der Waals surface area contributed by atoms with Crippen LogP contribution in [0.15, 0.2) is 18.2 Å². The Morgan fingerprint density at radius 1 is 1.35 bits per heavy atom. The first-order valence-corrected chi connectivity index (χ1v) is 6.09. The van der Waals surface area contributed by atoms with Crippen molar-refractivity contribution in [1.82, 2.24) is 0 Å². The van der Waals surface area contributed by atoms with Crippen LogP contribution in [-0.4, -0.2) is 6.10 Å². The maximum atomic E-state index is 9.16. The molecule has 0 saturated carbocycles. The predicted molar refractivity (Wildman–Crippen MR) is 70.2 cm³/mol. The van der Waals surface area contributed by atoms with Crippen LogP contribution in [0.5, 0.6) is 5.75 Å². The van der Waals surface area contributed by atoms with Gasteiger partial charge in [0.25, 0.3) is 0 Å². The third kappa shape index (κ3) is 3.49. The van der Waals surface area contributed by atoms with Crippen molar-refractivity contribution in [3.63, 3.8) is 0 Å². The quantitative estimate of drug-likeness (QED) is 0.786. The summed E-state index contributed by atoms with van der Waals surface area (Å²) in [6, 6.07) is 8.09. The van der Waals surface area contributed by atoms with Gasteiger partial charge in [-0.1, -0.05) is 33.8 Å². The van der Waals surface area contributed by atoms with E-state index in [1.165, 1.54) is 0 Å². The fourth-order valence-electron chi connectivity index (χ4n) is 1.49. The zero-order chi connectivity index (χ0) is 13.1. The summed E-state index contributed by atoms with van der Waals surface area (Å²) < 4.78 is 5.73. The smallest absolute Gasteiger partial charge is 0.137 e. The Balaban J connectivity index is 3.07. The third-order valence-electron chi connectivity index (χ3n) is 2.87. The molecule has 0 aliphatic carbocycles. The highest BCUT2D eigenvalue weighted by molar-refractivity contribution is 5.47. The Labute approximate surface area is 104 Å². The normalized spacial score (nSPS) is 12.9. The van der Waals surface area contributed by atoms with Gasteiger partial charge in [0.05, 0.1) is 11.7 Å². The lowest BCUT2D eigenvalue weighted by molar-refractivity contribution is 0.216. The highest BCUT2D eigenvalue weighted by atomic mass is 16.5. The molecule has 1 aromatic rings. The number of rotatable bonds is 3. The van der Waals surface area contributed by atoms with Crippen LogP contribution < -0.4 is 4.74 Å². The second-order valence-electron chi connectivity index (χ2n) is 5.41. The van der Waals surface area contributed by atoms with E-state index in [9.17, 15) is 0 Å². The molecular weight excluding hydrogens is 210 g/mol. The topological polar surface area (TPSA) is 33.0 Å². The van der Waals surface area contributed by atoms with Gasteiger partial charge in [-0.15, -0.1) is 0 Å². The van der Waals surface area contributed by atoms with Crippen LogP contribution in [0.1, 0.15) is 52.2 Å². The summed E-state index contributed by atoms with van der Waals surface area (Å²) in [6.45, 7) is 10.5. The first-order chi connectivity index (χ1) is 7.88. The summed E-state index contributed by atoms with van der Waals surface area (Å²) in [4.78, 5) is 0. The fraction of sp³-hybridized carbons (Fsp3) is 0.533. The van der Waals surface area contributed by atoms with Gasteiger partial charge in [0, 0.05) is 0 Å². The Morgan fingerprint density at radius 3 is 2.47 bits per heavy atom. The average molecular weight is 231 g/mol. The van der Waals surface area contributed by atoms with Gasteiger partial charge in [0.2, 0.25) is 0 Å². The second-order valence-corrected chi connectivity index (χ2v) is 5.41. The first kappa shape index (κ1) is 13.6. The molecule has 92 valence electrons. The van der Waals surface area contributed by atoms with Gasteiger partial charge in [-0.25, -0.2) is 0 Å². The zero-order valence-corrected chi connectivity index (χ0v) is 11.4. The van der Waals surface area contributed by atoms with Crippen LogP contribution in [0.3, 0.4) is 0 Å². The molecule has 0 aromatic heterocycles. The monoisotopic (exact) mass is 231 g/mol. The molecule has 0 bridgehead atoms. The fourth-order valence-corrected chi connectivity index (χ4v) is 1.49. The Morgan fingerprint density at radius 2 is 2.00 bits per heavy atom. The molecule has 0 spiro atoms. The maximum Gasteiger partial charge on any atom is 0.137 e. The van der Waals surface area contributed by atoms with Crippen LogP contribution in [0.2, 0.25) is 0 Å².